The van der Waals surface area contributed by atoms with Gasteiger partial charge in [-0.1, -0.05) is 81.3 Å². The predicted molar refractivity (Wildman–Crippen MR) is 167 cm³/mol. The number of pyridine rings is 1. The molecule has 0 radical (unpaired) electrons. The lowest BCUT2D eigenvalue weighted by Gasteiger charge is -2.21. The van der Waals surface area contributed by atoms with Crippen LogP contribution in [0.5, 0.6) is 0 Å². The molecule has 43 heavy (non-hydrogen) atoms. The molecule has 3 rings (SSSR count). The SMILES string of the molecule is Cc1ccn(CCCCC(C)C)c(=O)c1NC(=O)[C@H](Cc1ccc(C(C)(C)C(=O)O)cc1)NC(=O)OCc1ccccc1. The van der Waals surface area contributed by atoms with Gasteiger partial charge in [-0.3, -0.25) is 14.4 Å². The van der Waals surface area contributed by atoms with Crippen LogP contribution in [0.4, 0.5) is 10.5 Å². The molecule has 2 aromatic carbocycles. The molecule has 9 heteroatoms. The third-order valence-corrected chi connectivity index (χ3v) is 7.52. The van der Waals surface area contributed by atoms with E-state index in [1.807, 2.05) is 30.3 Å². The highest BCUT2D eigenvalue weighted by Gasteiger charge is 2.30. The summed E-state index contributed by atoms with van der Waals surface area (Å²) in [7, 11) is 0. The van der Waals surface area contributed by atoms with Gasteiger partial charge in [-0.2, -0.15) is 0 Å². The predicted octanol–water partition coefficient (Wildman–Crippen LogP) is 5.82. The number of aryl methyl sites for hydroxylation is 2. The second kappa shape index (κ2) is 15.2. The Hall–Kier alpha value is -4.40. The molecular formula is C34H43N3O6. The lowest BCUT2D eigenvalue weighted by molar-refractivity contribution is -0.142. The zero-order chi connectivity index (χ0) is 31.6. The van der Waals surface area contributed by atoms with Gasteiger partial charge in [0.2, 0.25) is 5.91 Å². The van der Waals surface area contributed by atoms with Crippen molar-refractivity contribution in [2.45, 2.75) is 84.9 Å². The molecule has 1 atom stereocenters. The summed E-state index contributed by atoms with van der Waals surface area (Å²) in [5, 5.41) is 15.0. The van der Waals surface area contributed by atoms with Gasteiger partial charge >= 0.3 is 12.1 Å². The molecule has 0 aliphatic heterocycles. The Balaban J connectivity index is 1.80. The van der Waals surface area contributed by atoms with Crippen LogP contribution in [0.25, 0.3) is 0 Å². The highest BCUT2D eigenvalue weighted by Crippen LogP contribution is 2.24. The van der Waals surface area contributed by atoms with Gasteiger partial charge in [0.05, 0.1) is 5.41 Å². The number of hydrogen-bond acceptors (Lipinski definition) is 5. The number of aliphatic carboxylic acids is 1. The summed E-state index contributed by atoms with van der Waals surface area (Å²) < 4.78 is 6.96. The van der Waals surface area contributed by atoms with Crippen LogP contribution < -0.4 is 16.2 Å². The quantitative estimate of drug-likeness (QED) is 0.203. The summed E-state index contributed by atoms with van der Waals surface area (Å²) in [6.07, 6.45) is 3.97. The minimum Gasteiger partial charge on any atom is -0.481 e. The number of unbranched alkanes of at least 4 members (excludes halogenated alkanes) is 1. The summed E-state index contributed by atoms with van der Waals surface area (Å²) in [5.41, 5.74) is 1.48. The van der Waals surface area contributed by atoms with Crippen LogP contribution >= 0.6 is 0 Å². The molecule has 0 saturated heterocycles. The molecule has 0 unspecified atom stereocenters. The molecular weight excluding hydrogens is 546 g/mol. The maximum atomic E-state index is 13.6. The fraction of sp³-hybridized carbons (Fsp3) is 0.412. The number of nitrogens with zero attached hydrogens (tertiary/aromatic N) is 1. The monoisotopic (exact) mass is 589 g/mol. The van der Waals surface area contributed by atoms with E-state index in [1.54, 1.807) is 61.9 Å². The molecule has 1 aromatic heterocycles. The van der Waals surface area contributed by atoms with Crippen LogP contribution in [0, 0.1) is 12.8 Å². The molecule has 9 nitrogen and oxygen atoms in total. The first-order valence-electron chi connectivity index (χ1n) is 14.7. The number of carboxylic acids is 1. The van der Waals surface area contributed by atoms with Gasteiger partial charge in [-0.05, 0) is 61.4 Å². The third kappa shape index (κ3) is 9.56. The van der Waals surface area contributed by atoms with Gasteiger partial charge in [0.1, 0.15) is 18.3 Å². The van der Waals surface area contributed by atoms with Crippen molar-refractivity contribution < 1.29 is 24.2 Å². The first kappa shape index (κ1) is 33.1. The second-order valence-corrected chi connectivity index (χ2v) is 11.8. The van der Waals surface area contributed by atoms with Crippen molar-refractivity contribution >= 4 is 23.7 Å². The van der Waals surface area contributed by atoms with Crippen LogP contribution in [0.15, 0.2) is 71.7 Å². The molecule has 2 amide bonds. The number of carbonyl (C=O) groups excluding carboxylic acids is 2. The number of anilines is 1. The minimum absolute atomic E-state index is 0.0271. The number of alkyl carbamates (subject to hydrolysis) is 1. The summed E-state index contributed by atoms with van der Waals surface area (Å²) >= 11 is 0. The van der Waals surface area contributed by atoms with Crippen molar-refractivity contribution in [3.63, 3.8) is 0 Å². The van der Waals surface area contributed by atoms with Crippen molar-refractivity contribution in [2.75, 3.05) is 5.32 Å². The smallest absolute Gasteiger partial charge is 0.408 e. The molecule has 0 aliphatic carbocycles. The van der Waals surface area contributed by atoms with Crippen LogP contribution in [0.2, 0.25) is 0 Å². The Morgan fingerprint density at radius 2 is 1.63 bits per heavy atom. The number of ether oxygens (including phenoxy) is 1. The Morgan fingerprint density at radius 1 is 0.953 bits per heavy atom. The zero-order valence-corrected chi connectivity index (χ0v) is 25.7. The van der Waals surface area contributed by atoms with Gasteiger partial charge in [0.25, 0.3) is 5.56 Å². The molecule has 0 saturated carbocycles. The van der Waals surface area contributed by atoms with E-state index >= 15 is 0 Å². The molecule has 3 aromatic rings. The Morgan fingerprint density at radius 3 is 2.26 bits per heavy atom. The number of carbonyl (C=O) groups is 3. The van der Waals surface area contributed by atoms with E-state index in [-0.39, 0.29) is 24.3 Å². The maximum absolute atomic E-state index is 13.6. The first-order chi connectivity index (χ1) is 20.4. The number of carboxylic acid groups (broad SMARTS) is 1. The Labute approximate surface area is 253 Å². The number of amides is 2. The van der Waals surface area contributed by atoms with Gasteiger partial charge in [0, 0.05) is 19.2 Å². The second-order valence-electron chi connectivity index (χ2n) is 11.8. The van der Waals surface area contributed by atoms with Crippen LogP contribution in [0.3, 0.4) is 0 Å². The topological polar surface area (TPSA) is 127 Å². The van der Waals surface area contributed by atoms with E-state index in [4.69, 9.17) is 4.74 Å². The Kier molecular flexibility index (Phi) is 11.7. The average Bonchev–Trinajstić information content (AvgIpc) is 2.97. The molecule has 0 spiro atoms. The lowest BCUT2D eigenvalue weighted by Crippen LogP contribution is -2.46. The largest absolute Gasteiger partial charge is 0.481 e. The van der Waals surface area contributed by atoms with Crippen LogP contribution in [-0.2, 0) is 39.3 Å². The van der Waals surface area contributed by atoms with Gasteiger partial charge < -0.3 is 25.0 Å². The van der Waals surface area contributed by atoms with E-state index in [0.717, 1.165) is 24.8 Å². The van der Waals surface area contributed by atoms with Gasteiger partial charge in [0.15, 0.2) is 0 Å². The van der Waals surface area contributed by atoms with Crippen LogP contribution in [-0.4, -0.2) is 33.7 Å². The van der Waals surface area contributed by atoms with Crippen LogP contribution in [0.1, 0.15) is 69.2 Å². The van der Waals surface area contributed by atoms with E-state index in [9.17, 15) is 24.3 Å². The van der Waals surface area contributed by atoms with Gasteiger partial charge in [-0.15, -0.1) is 0 Å². The first-order valence-corrected chi connectivity index (χ1v) is 14.7. The van der Waals surface area contributed by atoms with Crippen molar-refractivity contribution in [1.29, 1.82) is 0 Å². The normalized spacial score (nSPS) is 12.0. The highest BCUT2D eigenvalue weighted by molar-refractivity contribution is 5.97. The number of aromatic nitrogens is 1. The average molecular weight is 590 g/mol. The number of benzene rings is 2. The molecule has 3 N–H and O–H groups in total. The summed E-state index contributed by atoms with van der Waals surface area (Å²) in [6, 6.07) is 16.8. The third-order valence-electron chi connectivity index (χ3n) is 7.52. The molecule has 230 valence electrons. The van der Waals surface area contributed by atoms with E-state index in [0.29, 0.717) is 29.2 Å². The molecule has 0 fully saturated rings. The lowest BCUT2D eigenvalue weighted by atomic mass is 9.84. The summed E-state index contributed by atoms with van der Waals surface area (Å²) in [6.45, 7) is 9.88. The number of hydrogen-bond donors (Lipinski definition) is 3. The highest BCUT2D eigenvalue weighted by atomic mass is 16.5. The van der Waals surface area contributed by atoms with E-state index in [1.165, 1.54) is 0 Å². The maximum Gasteiger partial charge on any atom is 0.408 e. The standard InChI is InChI=1S/C34H43N3O6/c1-23(2)11-9-10-19-37-20-18-24(3)29(31(37)39)36-30(38)28(35-33(42)43-22-26-12-7-6-8-13-26)21-25-14-16-27(17-15-25)34(4,5)32(40)41/h6-8,12-18,20,23,28H,9-11,19,21-22H2,1-5H3,(H,35,42)(H,36,38)(H,40,41)/t28-/m0/s1. The summed E-state index contributed by atoms with van der Waals surface area (Å²) in [4.78, 5) is 51.3. The minimum atomic E-state index is -1.09. The van der Waals surface area contributed by atoms with E-state index < -0.39 is 29.4 Å². The van der Waals surface area contributed by atoms with Crippen molar-refractivity contribution in [2.24, 2.45) is 5.92 Å². The molecule has 0 bridgehead atoms. The molecule has 1 heterocycles. The number of nitrogens with one attached hydrogen (secondary N) is 2. The number of rotatable bonds is 14. The summed E-state index contributed by atoms with van der Waals surface area (Å²) in [5.74, 6) is -0.929. The van der Waals surface area contributed by atoms with Crippen molar-refractivity contribution in [1.82, 2.24) is 9.88 Å². The molecule has 0 aliphatic rings. The van der Waals surface area contributed by atoms with Gasteiger partial charge in [-0.25, -0.2) is 4.79 Å². The fourth-order valence-electron chi connectivity index (χ4n) is 4.57. The van der Waals surface area contributed by atoms with Crippen molar-refractivity contribution in [3.8, 4) is 0 Å². The van der Waals surface area contributed by atoms with Crippen molar-refractivity contribution in [3.05, 3.63) is 99.5 Å². The zero-order valence-electron chi connectivity index (χ0n) is 25.7. The fourth-order valence-corrected chi connectivity index (χ4v) is 4.57. The van der Waals surface area contributed by atoms with E-state index in [2.05, 4.69) is 24.5 Å². The Bertz CT molecular complexity index is 1450.